The molecule has 0 bridgehead atoms. The van der Waals surface area contributed by atoms with Gasteiger partial charge in [-0.3, -0.25) is 4.90 Å². The highest BCUT2D eigenvalue weighted by atomic mass is 19.1. The number of halogens is 2. The van der Waals surface area contributed by atoms with Crippen LogP contribution in [-0.4, -0.2) is 43.3 Å². The van der Waals surface area contributed by atoms with E-state index < -0.39 is 5.60 Å². The first-order valence-electron chi connectivity index (χ1n) is 11.3. The van der Waals surface area contributed by atoms with Crippen LogP contribution in [0.5, 0.6) is 0 Å². The van der Waals surface area contributed by atoms with Gasteiger partial charge in [-0.1, -0.05) is 48.5 Å². The monoisotopic (exact) mass is 461 g/mol. The Bertz CT molecular complexity index is 1200. The van der Waals surface area contributed by atoms with Gasteiger partial charge in [-0.25, -0.2) is 8.78 Å². The molecule has 0 unspecified atom stereocenters. The first-order valence-corrected chi connectivity index (χ1v) is 11.3. The van der Waals surface area contributed by atoms with E-state index in [1.54, 1.807) is 29.1 Å². The Morgan fingerprint density at radius 2 is 1.44 bits per heavy atom. The number of aryl methyl sites for hydroxylation is 1. The van der Waals surface area contributed by atoms with E-state index in [9.17, 15) is 13.9 Å². The van der Waals surface area contributed by atoms with Crippen molar-refractivity contribution in [1.29, 1.82) is 0 Å². The summed E-state index contributed by atoms with van der Waals surface area (Å²) < 4.78 is 27.1. The van der Waals surface area contributed by atoms with E-state index in [-0.39, 0.29) is 17.6 Å². The molecule has 1 aliphatic heterocycles. The zero-order chi connectivity index (χ0) is 23.7. The third kappa shape index (κ3) is 4.22. The molecular weight excluding hydrogens is 436 g/mol. The van der Waals surface area contributed by atoms with Gasteiger partial charge in [-0.2, -0.15) is 4.80 Å². The molecule has 0 saturated carbocycles. The molecule has 0 radical (unpaired) electrons. The zero-order valence-corrected chi connectivity index (χ0v) is 18.8. The second-order valence-electron chi connectivity index (χ2n) is 8.67. The van der Waals surface area contributed by atoms with Crippen LogP contribution in [0.2, 0.25) is 0 Å². The topological polar surface area (TPSA) is 67.1 Å². The van der Waals surface area contributed by atoms with Crippen LogP contribution in [0.1, 0.15) is 23.6 Å². The van der Waals surface area contributed by atoms with Gasteiger partial charge in [0.25, 0.3) is 0 Å². The minimum atomic E-state index is -1.33. The van der Waals surface area contributed by atoms with Crippen LogP contribution in [-0.2, 0) is 18.7 Å². The van der Waals surface area contributed by atoms with Crippen molar-refractivity contribution < 1.29 is 13.9 Å². The fourth-order valence-electron chi connectivity index (χ4n) is 4.52. The first-order chi connectivity index (χ1) is 16.5. The van der Waals surface area contributed by atoms with Crippen molar-refractivity contribution in [3.05, 3.63) is 101 Å². The minimum absolute atomic E-state index is 0.115. The van der Waals surface area contributed by atoms with Crippen LogP contribution >= 0.6 is 0 Å². The summed E-state index contributed by atoms with van der Waals surface area (Å²) in [6.45, 7) is 4.67. The van der Waals surface area contributed by atoms with E-state index in [4.69, 9.17) is 0 Å². The Morgan fingerprint density at radius 1 is 0.882 bits per heavy atom. The lowest BCUT2D eigenvalue weighted by Crippen LogP contribution is -2.56. The van der Waals surface area contributed by atoms with E-state index in [1.807, 2.05) is 31.2 Å². The molecule has 1 fully saturated rings. The van der Waals surface area contributed by atoms with E-state index in [0.29, 0.717) is 36.6 Å². The van der Waals surface area contributed by atoms with Gasteiger partial charge in [-0.15, -0.1) is 10.2 Å². The number of hydrogen-bond acceptors (Lipinski definition) is 5. The third-order valence-corrected chi connectivity index (χ3v) is 6.47. The van der Waals surface area contributed by atoms with Crippen LogP contribution < -0.4 is 0 Å². The van der Waals surface area contributed by atoms with E-state index in [2.05, 4.69) is 20.3 Å². The lowest BCUT2D eigenvalue weighted by Gasteiger charge is -2.48. The van der Waals surface area contributed by atoms with Crippen molar-refractivity contribution >= 4 is 0 Å². The van der Waals surface area contributed by atoms with Gasteiger partial charge in [0.05, 0.1) is 6.54 Å². The molecule has 0 amide bonds. The molecule has 3 aromatic carbocycles. The van der Waals surface area contributed by atoms with Gasteiger partial charge in [0.2, 0.25) is 5.82 Å². The van der Waals surface area contributed by atoms with Gasteiger partial charge in [0.15, 0.2) is 0 Å². The largest absolute Gasteiger partial charge is 0.380 e. The van der Waals surface area contributed by atoms with Crippen molar-refractivity contribution in [2.45, 2.75) is 25.6 Å². The molecule has 0 atom stereocenters. The summed E-state index contributed by atoms with van der Waals surface area (Å²) in [5, 5.41) is 24.2. The van der Waals surface area contributed by atoms with E-state index in [0.717, 1.165) is 17.7 Å². The maximum absolute atomic E-state index is 13.5. The summed E-state index contributed by atoms with van der Waals surface area (Å²) in [6.07, 6.45) is 0. The van der Waals surface area contributed by atoms with Gasteiger partial charge >= 0.3 is 0 Å². The summed E-state index contributed by atoms with van der Waals surface area (Å²) in [4.78, 5) is 3.79. The highest BCUT2D eigenvalue weighted by Gasteiger charge is 2.46. The molecule has 2 heterocycles. The number of benzene rings is 3. The maximum atomic E-state index is 13.5. The average molecular weight is 462 g/mol. The molecule has 0 aliphatic carbocycles. The summed E-state index contributed by atoms with van der Waals surface area (Å²) in [6, 6.07) is 19.8. The number of tetrazole rings is 1. The van der Waals surface area contributed by atoms with Gasteiger partial charge in [-0.05, 0) is 53.1 Å². The lowest BCUT2D eigenvalue weighted by atomic mass is 9.72. The molecule has 174 valence electrons. The summed E-state index contributed by atoms with van der Waals surface area (Å²) >= 11 is 0. The Kier molecular flexibility index (Phi) is 5.93. The molecule has 1 saturated heterocycles. The Morgan fingerprint density at radius 3 is 1.94 bits per heavy atom. The SMILES string of the molecule is CCn1nnc(-c2ccc(CN3CC(C(O)(c4ccc(F)cc4)c4ccc(F)cc4)C3)cc2)n1. The summed E-state index contributed by atoms with van der Waals surface area (Å²) in [5.41, 5.74) is 1.91. The fourth-order valence-corrected chi connectivity index (χ4v) is 4.52. The smallest absolute Gasteiger partial charge is 0.204 e. The number of hydrogen-bond donors (Lipinski definition) is 1. The van der Waals surface area contributed by atoms with Crippen molar-refractivity contribution in [3.8, 4) is 11.4 Å². The molecule has 1 N–H and O–H groups in total. The standard InChI is InChI=1S/C26H25F2N5O/c1-2-33-30-25(29-31-33)19-5-3-18(4-6-19)15-32-16-22(17-32)26(34,20-7-11-23(27)12-8-20)21-9-13-24(28)14-10-21/h3-14,22,34H,2,15-17H2,1H3. The number of rotatable bonds is 7. The van der Waals surface area contributed by atoms with E-state index in [1.165, 1.54) is 24.3 Å². The Balaban J connectivity index is 1.30. The summed E-state index contributed by atoms with van der Waals surface area (Å²) in [7, 11) is 0. The summed E-state index contributed by atoms with van der Waals surface area (Å²) in [5.74, 6) is -0.246. The van der Waals surface area contributed by atoms with E-state index >= 15 is 0 Å². The molecule has 0 spiro atoms. The maximum Gasteiger partial charge on any atom is 0.204 e. The first kappa shape index (κ1) is 22.3. The molecule has 34 heavy (non-hydrogen) atoms. The molecule has 1 aromatic heterocycles. The quantitative estimate of drug-likeness (QED) is 0.451. The van der Waals surface area contributed by atoms with Crippen LogP contribution in [0.3, 0.4) is 0 Å². The number of aromatic nitrogens is 4. The zero-order valence-electron chi connectivity index (χ0n) is 18.8. The molecular formula is C26H25F2N5O. The number of aliphatic hydroxyl groups is 1. The second-order valence-corrected chi connectivity index (χ2v) is 8.67. The molecule has 6 nitrogen and oxygen atoms in total. The number of nitrogens with zero attached hydrogens (tertiary/aromatic N) is 5. The fraction of sp³-hybridized carbons (Fsp3) is 0.269. The number of likely N-dealkylation sites (tertiary alicyclic amines) is 1. The molecule has 8 heteroatoms. The second kappa shape index (κ2) is 9.04. The Labute approximate surface area is 196 Å². The predicted octanol–water partition coefficient (Wildman–Crippen LogP) is 4.01. The van der Waals surface area contributed by atoms with Crippen molar-refractivity contribution in [3.63, 3.8) is 0 Å². The highest BCUT2D eigenvalue weighted by molar-refractivity contribution is 5.54. The van der Waals surface area contributed by atoms with Gasteiger partial charge in [0.1, 0.15) is 17.2 Å². The third-order valence-electron chi connectivity index (χ3n) is 6.47. The Hall–Kier alpha value is -3.49. The highest BCUT2D eigenvalue weighted by Crippen LogP contribution is 2.42. The van der Waals surface area contributed by atoms with Crippen LogP contribution in [0.4, 0.5) is 8.78 Å². The van der Waals surface area contributed by atoms with Crippen molar-refractivity contribution in [1.82, 2.24) is 25.1 Å². The van der Waals surface area contributed by atoms with Crippen LogP contribution in [0, 0.1) is 17.6 Å². The molecule has 4 aromatic rings. The van der Waals surface area contributed by atoms with Crippen LogP contribution in [0.25, 0.3) is 11.4 Å². The lowest BCUT2D eigenvalue weighted by molar-refractivity contribution is -0.0669. The van der Waals surface area contributed by atoms with Crippen molar-refractivity contribution in [2.75, 3.05) is 13.1 Å². The molecule has 1 aliphatic rings. The van der Waals surface area contributed by atoms with Gasteiger partial charge < -0.3 is 5.11 Å². The molecule has 5 rings (SSSR count). The normalized spacial score (nSPS) is 14.8. The average Bonchev–Trinajstić information content (AvgIpc) is 3.31. The van der Waals surface area contributed by atoms with Gasteiger partial charge in [0, 0.05) is 31.1 Å². The predicted molar refractivity (Wildman–Crippen MR) is 123 cm³/mol. The van der Waals surface area contributed by atoms with Crippen LogP contribution in [0.15, 0.2) is 72.8 Å². The van der Waals surface area contributed by atoms with Crippen molar-refractivity contribution in [2.24, 2.45) is 5.92 Å². The minimum Gasteiger partial charge on any atom is -0.380 e.